The second kappa shape index (κ2) is 6.46. The van der Waals surface area contributed by atoms with E-state index in [1.165, 1.54) is 11.1 Å². The molecule has 19 heavy (non-hydrogen) atoms. The number of nitrogens with two attached hydrogens (primary N) is 1. The SMILES string of the molecule is COC1CCN(Cc2ccc(C(N)=S)cc2C)CC1. The van der Waals surface area contributed by atoms with E-state index in [-0.39, 0.29) is 0 Å². The van der Waals surface area contributed by atoms with Crippen molar-refractivity contribution in [2.45, 2.75) is 32.4 Å². The van der Waals surface area contributed by atoms with Crippen LogP contribution in [0, 0.1) is 6.92 Å². The molecule has 1 aromatic carbocycles. The van der Waals surface area contributed by atoms with E-state index in [9.17, 15) is 0 Å². The smallest absolute Gasteiger partial charge is 0.103 e. The molecule has 1 fully saturated rings. The van der Waals surface area contributed by atoms with Crippen LogP contribution in [-0.2, 0) is 11.3 Å². The van der Waals surface area contributed by atoms with Crippen LogP contribution in [0.5, 0.6) is 0 Å². The quantitative estimate of drug-likeness (QED) is 0.857. The maximum absolute atomic E-state index is 5.65. The predicted molar refractivity (Wildman–Crippen MR) is 82.4 cm³/mol. The molecule has 0 amide bonds. The molecule has 0 aliphatic carbocycles. The van der Waals surface area contributed by atoms with E-state index in [0.717, 1.165) is 38.0 Å². The molecule has 0 atom stereocenters. The van der Waals surface area contributed by atoms with Crippen LogP contribution in [0.4, 0.5) is 0 Å². The van der Waals surface area contributed by atoms with Crippen LogP contribution in [0.1, 0.15) is 29.5 Å². The van der Waals surface area contributed by atoms with Crippen LogP contribution in [0.15, 0.2) is 18.2 Å². The van der Waals surface area contributed by atoms with E-state index in [2.05, 4.69) is 24.0 Å². The number of aryl methyl sites for hydroxylation is 1. The molecular weight excluding hydrogens is 256 g/mol. The first-order valence-electron chi connectivity index (χ1n) is 6.74. The molecule has 3 nitrogen and oxygen atoms in total. The normalized spacial score (nSPS) is 17.6. The van der Waals surface area contributed by atoms with Gasteiger partial charge < -0.3 is 10.5 Å². The highest BCUT2D eigenvalue weighted by molar-refractivity contribution is 7.80. The Balaban J connectivity index is 1.98. The number of ether oxygens (including phenoxy) is 1. The highest BCUT2D eigenvalue weighted by atomic mass is 32.1. The number of thiocarbonyl (C=S) groups is 1. The first-order chi connectivity index (χ1) is 9.10. The van der Waals surface area contributed by atoms with Crippen molar-refractivity contribution in [3.05, 3.63) is 34.9 Å². The monoisotopic (exact) mass is 278 g/mol. The molecule has 2 N–H and O–H groups in total. The largest absolute Gasteiger partial charge is 0.389 e. The number of rotatable bonds is 4. The Labute approximate surface area is 120 Å². The Morgan fingerprint density at radius 1 is 1.42 bits per heavy atom. The molecule has 0 saturated carbocycles. The molecule has 1 aliphatic rings. The Kier molecular flexibility index (Phi) is 4.91. The number of methoxy groups -OCH3 is 1. The zero-order valence-corrected chi connectivity index (χ0v) is 12.5. The fourth-order valence-electron chi connectivity index (χ4n) is 2.57. The minimum absolute atomic E-state index is 0.439. The van der Waals surface area contributed by atoms with Crippen molar-refractivity contribution < 1.29 is 4.74 Å². The van der Waals surface area contributed by atoms with Crippen LogP contribution in [0.3, 0.4) is 0 Å². The Bertz CT molecular complexity index is 453. The Hall–Kier alpha value is -0.970. The second-order valence-corrected chi connectivity index (χ2v) is 5.66. The van der Waals surface area contributed by atoms with Gasteiger partial charge in [0.25, 0.3) is 0 Å². The molecule has 2 rings (SSSR count). The predicted octanol–water partition coefficient (Wildman–Crippen LogP) is 2.24. The summed E-state index contributed by atoms with van der Waals surface area (Å²) in [5, 5.41) is 0. The second-order valence-electron chi connectivity index (χ2n) is 5.22. The molecule has 0 spiro atoms. The Morgan fingerprint density at radius 3 is 2.63 bits per heavy atom. The molecule has 0 bridgehead atoms. The minimum Gasteiger partial charge on any atom is -0.389 e. The van der Waals surface area contributed by atoms with E-state index in [0.29, 0.717) is 11.1 Å². The molecule has 1 aliphatic heterocycles. The number of hydrogen-bond donors (Lipinski definition) is 1. The van der Waals surface area contributed by atoms with E-state index in [1.807, 2.05) is 6.07 Å². The van der Waals surface area contributed by atoms with Gasteiger partial charge in [0.2, 0.25) is 0 Å². The summed E-state index contributed by atoms with van der Waals surface area (Å²) in [7, 11) is 1.80. The van der Waals surface area contributed by atoms with Crippen molar-refractivity contribution in [1.82, 2.24) is 4.90 Å². The van der Waals surface area contributed by atoms with Gasteiger partial charge in [-0.15, -0.1) is 0 Å². The summed E-state index contributed by atoms with van der Waals surface area (Å²) in [5.41, 5.74) is 9.23. The fraction of sp³-hybridized carbons (Fsp3) is 0.533. The van der Waals surface area contributed by atoms with Gasteiger partial charge in [-0.05, 0) is 37.0 Å². The minimum atomic E-state index is 0.439. The van der Waals surface area contributed by atoms with Gasteiger partial charge in [-0.2, -0.15) is 0 Å². The summed E-state index contributed by atoms with van der Waals surface area (Å²) < 4.78 is 5.40. The van der Waals surface area contributed by atoms with E-state index < -0.39 is 0 Å². The van der Waals surface area contributed by atoms with Crippen molar-refractivity contribution in [1.29, 1.82) is 0 Å². The lowest BCUT2D eigenvalue weighted by molar-refractivity contribution is 0.0388. The van der Waals surface area contributed by atoms with E-state index in [4.69, 9.17) is 22.7 Å². The molecule has 104 valence electrons. The third-order valence-corrected chi connectivity index (χ3v) is 4.12. The van der Waals surface area contributed by atoms with E-state index >= 15 is 0 Å². The zero-order chi connectivity index (χ0) is 13.8. The van der Waals surface area contributed by atoms with Gasteiger partial charge in [-0.1, -0.05) is 24.4 Å². The van der Waals surface area contributed by atoms with Gasteiger partial charge in [-0.3, -0.25) is 4.90 Å². The first-order valence-corrected chi connectivity index (χ1v) is 7.15. The summed E-state index contributed by atoms with van der Waals surface area (Å²) >= 11 is 5.01. The third kappa shape index (κ3) is 3.75. The molecule has 1 aromatic rings. The van der Waals surface area contributed by atoms with Crippen LogP contribution in [0.2, 0.25) is 0 Å². The van der Waals surface area contributed by atoms with Gasteiger partial charge in [0.1, 0.15) is 4.99 Å². The standard InChI is InChI=1S/C15H22N2OS/c1-11-9-12(15(16)19)3-4-13(11)10-17-7-5-14(18-2)6-8-17/h3-4,9,14H,5-8,10H2,1-2H3,(H2,16,19). The topological polar surface area (TPSA) is 38.5 Å². The lowest BCUT2D eigenvalue weighted by Crippen LogP contribution is -2.36. The Morgan fingerprint density at radius 2 is 2.11 bits per heavy atom. The highest BCUT2D eigenvalue weighted by Crippen LogP contribution is 2.18. The first kappa shape index (κ1) is 14.4. The molecule has 1 heterocycles. The molecule has 0 aromatic heterocycles. The third-order valence-electron chi connectivity index (χ3n) is 3.89. The molecule has 0 radical (unpaired) electrons. The maximum atomic E-state index is 5.65. The summed E-state index contributed by atoms with van der Waals surface area (Å²) in [6.07, 6.45) is 2.69. The molecule has 0 unspecified atom stereocenters. The van der Waals surface area contributed by atoms with Crippen molar-refractivity contribution in [3.8, 4) is 0 Å². The maximum Gasteiger partial charge on any atom is 0.103 e. The van der Waals surface area contributed by atoms with Crippen LogP contribution in [-0.4, -0.2) is 36.2 Å². The molecule has 4 heteroatoms. The number of nitrogens with zero attached hydrogens (tertiary/aromatic N) is 1. The van der Waals surface area contributed by atoms with Crippen LogP contribution in [0.25, 0.3) is 0 Å². The zero-order valence-electron chi connectivity index (χ0n) is 11.7. The summed E-state index contributed by atoms with van der Waals surface area (Å²) in [4.78, 5) is 2.95. The summed E-state index contributed by atoms with van der Waals surface area (Å²) in [6.45, 7) is 5.34. The highest BCUT2D eigenvalue weighted by Gasteiger charge is 2.19. The number of benzene rings is 1. The molecular formula is C15H22N2OS. The van der Waals surface area contributed by atoms with Gasteiger partial charge in [0.15, 0.2) is 0 Å². The lowest BCUT2D eigenvalue weighted by Gasteiger charge is -2.31. The van der Waals surface area contributed by atoms with Crippen LogP contribution >= 0.6 is 12.2 Å². The lowest BCUT2D eigenvalue weighted by atomic mass is 10.0. The van der Waals surface area contributed by atoms with Crippen molar-refractivity contribution in [2.24, 2.45) is 5.73 Å². The van der Waals surface area contributed by atoms with Crippen molar-refractivity contribution in [3.63, 3.8) is 0 Å². The van der Waals surface area contributed by atoms with Crippen molar-refractivity contribution in [2.75, 3.05) is 20.2 Å². The summed E-state index contributed by atoms with van der Waals surface area (Å²) in [6, 6.07) is 6.25. The van der Waals surface area contributed by atoms with E-state index in [1.54, 1.807) is 7.11 Å². The number of likely N-dealkylation sites (tertiary alicyclic amines) is 1. The van der Waals surface area contributed by atoms with Gasteiger partial charge in [0.05, 0.1) is 6.10 Å². The average molecular weight is 278 g/mol. The average Bonchev–Trinajstić information content (AvgIpc) is 2.41. The van der Waals surface area contributed by atoms with Gasteiger partial charge in [0, 0.05) is 32.3 Å². The van der Waals surface area contributed by atoms with Gasteiger partial charge >= 0.3 is 0 Å². The van der Waals surface area contributed by atoms with Crippen molar-refractivity contribution >= 4 is 17.2 Å². The van der Waals surface area contributed by atoms with Crippen LogP contribution < -0.4 is 5.73 Å². The number of hydrogen-bond acceptors (Lipinski definition) is 3. The number of piperidine rings is 1. The van der Waals surface area contributed by atoms with Gasteiger partial charge in [-0.25, -0.2) is 0 Å². The molecule has 1 saturated heterocycles. The summed E-state index contributed by atoms with van der Waals surface area (Å²) in [5.74, 6) is 0. The fourth-order valence-corrected chi connectivity index (χ4v) is 2.70.